The van der Waals surface area contributed by atoms with Crippen LogP contribution in [-0.2, 0) is 6.42 Å². The van der Waals surface area contributed by atoms with Crippen molar-refractivity contribution in [3.8, 4) is 0 Å². The Balaban J connectivity index is 1.77. The zero-order valence-corrected chi connectivity index (χ0v) is 12.7. The average Bonchev–Trinajstić information content (AvgIpc) is 2.74. The summed E-state index contributed by atoms with van der Waals surface area (Å²) in [5.74, 6) is 1.80. The highest BCUT2D eigenvalue weighted by molar-refractivity contribution is 7.18. The van der Waals surface area contributed by atoms with Crippen LogP contribution in [0, 0.1) is 5.92 Å². The Kier molecular flexibility index (Phi) is 3.89. The predicted octanol–water partition coefficient (Wildman–Crippen LogP) is 4.51. The number of thiophene rings is 1. The normalized spacial score (nSPS) is 15.7. The fourth-order valence-electron chi connectivity index (χ4n) is 2.43. The molecule has 3 nitrogen and oxygen atoms in total. The standard InChI is InChI=1S/C14H18ClN3S/c1-2-10-8-11-12(16-7-6-9-4-3-5-9)17-14(15)18-13(11)19-10/h8-9H,2-7H2,1H3,(H,16,17,18). The molecule has 5 heteroatoms. The molecule has 0 aliphatic heterocycles. The summed E-state index contributed by atoms with van der Waals surface area (Å²) in [4.78, 5) is 11.0. The minimum atomic E-state index is 0.336. The molecule has 0 radical (unpaired) electrons. The molecule has 1 saturated carbocycles. The molecular weight excluding hydrogens is 278 g/mol. The summed E-state index contributed by atoms with van der Waals surface area (Å²) in [5.41, 5.74) is 0. The zero-order valence-electron chi connectivity index (χ0n) is 11.1. The SMILES string of the molecule is CCc1cc2c(NCCC3CCC3)nc(Cl)nc2s1. The first-order chi connectivity index (χ1) is 9.26. The van der Waals surface area contributed by atoms with Gasteiger partial charge in [0.25, 0.3) is 0 Å². The van der Waals surface area contributed by atoms with Crippen LogP contribution in [0.25, 0.3) is 10.2 Å². The van der Waals surface area contributed by atoms with E-state index in [4.69, 9.17) is 11.6 Å². The molecule has 2 heterocycles. The Morgan fingerprint density at radius 2 is 2.26 bits per heavy atom. The maximum atomic E-state index is 6.00. The first-order valence-corrected chi connectivity index (χ1v) is 8.15. The fraction of sp³-hybridized carbons (Fsp3) is 0.571. The van der Waals surface area contributed by atoms with E-state index in [-0.39, 0.29) is 0 Å². The molecule has 0 atom stereocenters. The summed E-state index contributed by atoms with van der Waals surface area (Å²) in [7, 11) is 0. The number of hydrogen-bond donors (Lipinski definition) is 1. The highest BCUT2D eigenvalue weighted by Crippen LogP contribution is 2.32. The summed E-state index contributed by atoms with van der Waals surface area (Å²) in [5, 5.41) is 4.88. The van der Waals surface area contributed by atoms with Gasteiger partial charge in [-0.3, -0.25) is 0 Å². The van der Waals surface area contributed by atoms with Crippen molar-refractivity contribution in [1.29, 1.82) is 0 Å². The van der Waals surface area contributed by atoms with Gasteiger partial charge in [-0.15, -0.1) is 11.3 Å². The predicted molar refractivity (Wildman–Crippen MR) is 82.3 cm³/mol. The minimum absolute atomic E-state index is 0.336. The van der Waals surface area contributed by atoms with Gasteiger partial charge in [0.15, 0.2) is 0 Å². The lowest BCUT2D eigenvalue weighted by atomic mass is 9.83. The third-order valence-corrected chi connectivity index (χ3v) is 5.18. The molecule has 2 aromatic rings. The van der Waals surface area contributed by atoms with Crippen molar-refractivity contribution in [2.75, 3.05) is 11.9 Å². The van der Waals surface area contributed by atoms with Gasteiger partial charge in [-0.05, 0) is 36.4 Å². The Morgan fingerprint density at radius 1 is 1.42 bits per heavy atom. The lowest BCUT2D eigenvalue weighted by molar-refractivity contribution is 0.303. The average molecular weight is 296 g/mol. The van der Waals surface area contributed by atoms with Crippen molar-refractivity contribution in [2.24, 2.45) is 5.92 Å². The van der Waals surface area contributed by atoms with Crippen molar-refractivity contribution in [3.63, 3.8) is 0 Å². The highest BCUT2D eigenvalue weighted by atomic mass is 35.5. The van der Waals surface area contributed by atoms with Gasteiger partial charge in [-0.2, -0.15) is 0 Å². The van der Waals surface area contributed by atoms with E-state index in [1.54, 1.807) is 11.3 Å². The van der Waals surface area contributed by atoms with Crippen LogP contribution in [0.1, 0.15) is 37.5 Å². The van der Waals surface area contributed by atoms with Gasteiger partial charge < -0.3 is 5.32 Å². The van der Waals surface area contributed by atoms with E-state index in [0.29, 0.717) is 5.28 Å². The summed E-state index contributed by atoms with van der Waals surface area (Å²) in [6.07, 6.45) is 6.44. The molecule has 0 saturated heterocycles. The molecular formula is C14H18ClN3S. The van der Waals surface area contributed by atoms with E-state index in [1.807, 2.05) is 0 Å². The fourth-order valence-corrected chi connectivity index (χ4v) is 3.62. The van der Waals surface area contributed by atoms with E-state index in [0.717, 1.165) is 34.9 Å². The van der Waals surface area contributed by atoms with Crippen molar-refractivity contribution < 1.29 is 0 Å². The van der Waals surface area contributed by atoms with Gasteiger partial charge in [0.1, 0.15) is 10.6 Å². The Hall–Kier alpha value is -0.870. The molecule has 0 amide bonds. The number of nitrogens with one attached hydrogen (secondary N) is 1. The number of fused-ring (bicyclic) bond motifs is 1. The molecule has 0 spiro atoms. The van der Waals surface area contributed by atoms with Gasteiger partial charge >= 0.3 is 0 Å². The first kappa shape index (κ1) is 13.1. The van der Waals surface area contributed by atoms with E-state index in [2.05, 4.69) is 28.3 Å². The van der Waals surface area contributed by atoms with Gasteiger partial charge in [0.05, 0.1) is 5.39 Å². The van der Waals surface area contributed by atoms with Gasteiger partial charge in [0, 0.05) is 11.4 Å². The lowest BCUT2D eigenvalue weighted by Gasteiger charge is -2.25. The van der Waals surface area contributed by atoms with Crippen LogP contribution in [0.3, 0.4) is 0 Å². The Morgan fingerprint density at radius 3 is 2.95 bits per heavy atom. The summed E-state index contributed by atoms with van der Waals surface area (Å²) in [6.45, 7) is 3.13. The number of halogens is 1. The second-order valence-electron chi connectivity index (χ2n) is 5.14. The van der Waals surface area contributed by atoms with Crippen molar-refractivity contribution in [3.05, 3.63) is 16.2 Å². The largest absolute Gasteiger partial charge is 0.369 e. The molecule has 1 N–H and O–H groups in total. The summed E-state index contributed by atoms with van der Waals surface area (Å²) >= 11 is 7.71. The maximum absolute atomic E-state index is 6.00. The number of rotatable bonds is 5. The van der Waals surface area contributed by atoms with Gasteiger partial charge in [-0.1, -0.05) is 26.2 Å². The van der Waals surface area contributed by atoms with Crippen LogP contribution in [0.2, 0.25) is 5.28 Å². The van der Waals surface area contributed by atoms with Crippen LogP contribution in [0.15, 0.2) is 6.07 Å². The molecule has 0 unspecified atom stereocenters. The number of hydrogen-bond acceptors (Lipinski definition) is 4. The van der Waals surface area contributed by atoms with Crippen molar-refractivity contribution in [1.82, 2.24) is 9.97 Å². The summed E-state index contributed by atoms with van der Waals surface area (Å²) < 4.78 is 0. The van der Waals surface area contributed by atoms with Crippen LogP contribution < -0.4 is 5.32 Å². The number of nitrogens with zero attached hydrogens (tertiary/aromatic N) is 2. The second kappa shape index (κ2) is 5.63. The zero-order chi connectivity index (χ0) is 13.2. The van der Waals surface area contributed by atoms with E-state index in [1.165, 1.54) is 30.6 Å². The maximum Gasteiger partial charge on any atom is 0.225 e. The third-order valence-electron chi connectivity index (χ3n) is 3.83. The van der Waals surface area contributed by atoms with Gasteiger partial charge in [-0.25, -0.2) is 9.97 Å². The van der Waals surface area contributed by atoms with Crippen LogP contribution in [-0.4, -0.2) is 16.5 Å². The van der Waals surface area contributed by atoms with Crippen LogP contribution in [0.5, 0.6) is 0 Å². The molecule has 1 fully saturated rings. The molecule has 0 bridgehead atoms. The second-order valence-corrected chi connectivity index (χ2v) is 6.59. The quantitative estimate of drug-likeness (QED) is 0.825. The van der Waals surface area contributed by atoms with Crippen molar-refractivity contribution >= 4 is 39.0 Å². The molecule has 1 aliphatic carbocycles. The Labute approximate surface area is 122 Å². The molecule has 102 valence electrons. The molecule has 0 aromatic carbocycles. The Bertz CT molecular complexity index is 577. The monoisotopic (exact) mass is 295 g/mol. The number of aromatic nitrogens is 2. The molecule has 19 heavy (non-hydrogen) atoms. The van der Waals surface area contributed by atoms with Crippen LogP contribution >= 0.6 is 22.9 Å². The smallest absolute Gasteiger partial charge is 0.225 e. The topological polar surface area (TPSA) is 37.8 Å². The molecule has 3 rings (SSSR count). The van der Waals surface area contributed by atoms with E-state index >= 15 is 0 Å². The number of anilines is 1. The lowest BCUT2D eigenvalue weighted by Crippen LogP contribution is -2.16. The van der Waals surface area contributed by atoms with Gasteiger partial charge in [0.2, 0.25) is 5.28 Å². The third kappa shape index (κ3) is 2.84. The van der Waals surface area contributed by atoms with Crippen molar-refractivity contribution in [2.45, 2.75) is 39.0 Å². The van der Waals surface area contributed by atoms with E-state index in [9.17, 15) is 0 Å². The first-order valence-electron chi connectivity index (χ1n) is 6.96. The number of aryl methyl sites for hydroxylation is 1. The summed E-state index contributed by atoms with van der Waals surface area (Å²) in [6, 6.07) is 2.18. The minimum Gasteiger partial charge on any atom is -0.369 e. The van der Waals surface area contributed by atoms with E-state index < -0.39 is 0 Å². The molecule has 2 aromatic heterocycles. The molecule has 1 aliphatic rings. The highest BCUT2D eigenvalue weighted by Gasteiger charge is 2.17. The van der Waals surface area contributed by atoms with Crippen LogP contribution in [0.4, 0.5) is 5.82 Å².